The topological polar surface area (TPSA) is 77.2 Å². The molecule has 0 saturated heterocycles. The summed E-state index contributed by atoms with van der Waals surface area (Å²) in [7, 11) is 0. The first kappa shape index (κ1) is 24.8. The number of aliphatic hydroxyl groups excluding tert-OH is 1. The van der Waals surface area contributed by atoms with Crippen LogP contribution in [0.4, 0.5) is 0 Å². The molecule has 1 aromatic heterocycles. The van der Waals surface area contributed by atoms with E-state index in [-0.39, 0.29) is 29.4 Å². The summed E-state index contributed by atoms with van der Waals surface area (Å²) in [6, 6.07) is 7.93. The molecule has 0 aliphatic heterocycles. The van der Waals surface area contributed by atoms with E-state index in [4.69, 9.17) is 4.74 Å². The zero-order valence-electron chi connectivity index (χ0n) is 22.5. The van der Waals surface area contributed by atoms with E-state index >= 15 is 0 Å². The van der Waals surface area contributed by atoms with Crippen LogP contribution in [0, 0.1) is 41.4 Å². The van der Waals surface area contributed by atoms with E-state index < -0.39 is 0 Å². The van der Waals surface area contributed by atoms with E-state index in [1.165, 1.54) is 12.0 Å². The fourth-order valence-corrected chi connectivity index (χ4v) is 8.79. The van der Waals surface area contributed by atoms with Gasteiger partial charge in [0.25, 0.3) is 0 Å². The van der Waals surface area contributed by atoms with Crippen LogP contribution in [0.2, 0.25) is 0 Å². The van der Waals surface area contributed by atoms with E-state index in [9.17, 15) is 9.90 Å². The maximum absolute atomic E-state index is 13.6. The molecule has 0 radical (unpaired) electrons. The Bertz CT molecular complexity index is 1200. The molecule has 0 unspecified atom stereocenters. The van der Waals surface area contributed by atoms with Crippen molar-refractivity contribution in [1.82, 2.24) is 15.0 Å². The number of carbonyl (C=O) groups excluding carboxylic acids is 1. The molecule has 3 saturated carbocycles. The number of ether oxygens (including phenoxy) is 1. The number of aryl methyl sites for hydroxylation is 1. The number of Topliss-reactive ketones (excluding diaryl/α,β-unsaturated/α-hetero) is 1. The lowest BCUT2D eigenvalue weighted by Crippen LogP contribution is -2.51. The highest BCUT2D eigenvalue weighted by molar-refractivity contribution is 5.82. The van der Waals surface area contributed by atoms with E-state index in [0.717, 1.165) is 62.0 Å². The van der Waals surface area contributed by atoms with E-state index in [0.29, 0.717) is 30.1 Å². The standard InChI is InChI=1S/C31H41N3O3/c1-20-6-4-5-7-29(20)37-19-22-17-34(33-32-22)18-28(36)27-11-10-25-24-9-8-21-16-23(35)12-14-30(21,2)26(24)13-15-31(25,27)3/h4-8,17,23-27,35H,9-16,18-19H2,1-3H3/t23-,24-,25-,26-,27+,30-,31-/m0/s1. The third-order valence-corrected chi connectivity index (χ3v) is 10.8. The van der Waals surface area contributed by atoms with Gasteiger partial charge in [-0.1, -0.05) is 48.9 Å². The van der Waals surface area contributed by atoms with Crippen LogP contribution in [-0.2, 0) is 17.9 Å². The van der Waals surface area contributed by atoms with Gasteiger partial charge in [0.15, 0.2) is 5.78 Å². The van der Waals surface area contributed by atoms with Crippen molar-refractivity contribution >= 4 is 5.78 Å². The molecule has 0 bridgehead atoms. The van der Waals surface area contributed by atoms with Crippen molar-refractivity contribution in [2.24, 2.45) is 34.5 Å². The molecule has 1 aromatic carbocycles. The second-order valence-corrected chi connectivity index (χ2v) is 12.8. The first-order valence-electron chi connectivity index (χ1n) is 14.3. The predicted octanol–water partition coefficient (Wildman–Crippen LogP) is 5.67. The number of rotatable bonds is 6. The van der Waals surface area contributed by atoms with E-state index in [1.807, 2.05) is 37.4 Å². The molecule has 6 rings (SSSR count). The van der Waals surface area contributed by atoms with Gasteiger partial charge in [-0.2, -0.15) is 0 Å². The number of fused-ring (bicyclic) bond motifs is 5. The summed E-state index contributed by atoms with van der Waals surface area (Å²) in [4.78, 5) is 13.6. The number of nitrogens with zero attached hydrogens (tertiary/aromatic N) is 3. The van der Waals surface area contributed by atoms with Crippen LogP contribution in [0.1, 0.15) is 76.5 Å². The van der Waals surface area contributed by atoms with Gasteiger partial charge in [-0.25, -0.2) is 4.68 Å². The second-order valence-electron chi connectivity index (χ2n) is 12.8. The van der Waals surface area contributed by atoms with Crippen molar-refractivity contribution in [2.75, 3.05) is 0 Å². The minimum Gasteiger partial charge on any atom is -0.487 e. The summed E-state index contributed by atoms with van der Waals surface area (Å²) in [5.74, 6) is 3.21. The lowest BCUT2D eigenvalue weighted by Gasteiger charge is -2.57. The maximum Gasteiger partial charge on any atom is 0.157 e. The van der Waals surface area contributed by atoms with Crippen LogP contribution in [0.3, 0.4) is 0 Å². The summed E-state index contributed by atoms with van der Waals surface area (Å²) in [6.45, 7) is 7.52. The average Bonchev–Trinajstić information content (AvgIpc) is 3.47. The van der Waals surface area contributed by atoms with Gasteiger partial charge in [0.1, 0.15) is 24.6 Å². The summed E-state index contributed by atoms with van der Waals surface area (Å²) < 4.78 is 7.61. The van der Waals surface area contributed by atoms with Crippen LogP contribution >= 0.6 is 0 Å². The normalized spacial score (nSPS) is 36.8. The number of benzene rings is 1. The van der Waals surface area contributed by atoms with Crippen LogP contribution in [0.25, 0.3) is 0 Å². The molecule has 2 aromatic rings. The first-order chi connectivity index (χ1) is 17.8. The zero-order valence-corrected chi connectivity index (χ0v) is 22.5. The number of aliphatic hydroxyl groups is 1. The lowest BCUT2D eigenvalue weighted by atomic mass is 9.47. The fraction of sp³-hybridized carbons (Fsp3) is 0.645. The summed E-state index contributed by atoms with van der Waals surface area (Å²) >= 11 is 0. The maximum atomic E-state index is 13.6. The minimum absolute atomic E-state index is 0.0749. The Morgan fingerprint density at radius 3 is 2.81 bits per heavy atom. The molecular formula is C31H41N3O3. The Labute approximate surface area is 220 Å². The molecule has 1 heterocycles. The zero-order chi connectivity index (χ0) is 25.8. The third-order valence-electron chi connectivity index (χ3n) is 10.8. The lowest BCUT2D eigenvalue weighted by molar-refractivity contribution is -0.130. The Hall–Kier alpha value is -2.47. The van der Waals surface area contributed by atoms with Crippen LogP contribution in [-0.4, -0.2) is 32.0 Å². The van der Waals surface area contributed by atoms with Crippen molar-refractivity contribution in [3.63, 3.8) is 0 Å². The highest BCUT2D eigenvalue weighted by atomic mass is 16.5. The highest BCUT2D eigenvalue weighted by Crippen LogP contribution is 2.66. The quantitative estimate of drug-likeness (QED) is 0.514. The molecule has 7 atom stereocenters. The van der Waals surface area contributed by atoms with Crippen molar-refractivity contribution in [2.45, 2.75) is 91.4 Å². The summed E-state index contributed by atoms with van der Waals surface area (Å²) in [6.07, 6.45) is 12.7. The van der Waals surface area contributed by atoms with Crippen molar-refractivity contribution in [1.29, 1.82) is 0 Å². The summed E-state index contributed by atoms with van der Waals surface area (Å²) in [5, 5.41) is 18.8. The van der Waals surface area contributed by atoms with Crippen molar-refractivity contribution in [3.8, 4) is 5.75 Å². The van der Waals surface area contributed by atoms with E-state index in [1.54, 1.807) is 4.68 Å². The third kappa shape index (κ3) is 4.25. The Morgan fingerprint density at radius 1 is 1.14 bits per heavy atom. The van der Waals surface area contributed by atoms with Gasteiger partial charge in [-0.05, 0) is 98.5 Å². The number of ketones is 1. The van der Waals surface area contributed by atoms with Gasteiger partial charge in [-0.15, -0.1) is 5.10 Å². The number of para-hydroxylation sites is 1. The van der Waals surface area contributed by atoms with E-state index in [2.05, 4.69) is 30.2 Å². The molecule has 0 amide bonds. The Balaban J connectivity index is 1.12. The van der Waals surface area contributed by atoms with Gasteiger partial charge in [0.2, 0.25) is 0 Å². The monoisotopic (exact) mass is 503 g/mol. The number of hydrogen-bond acceptors (Lipinski definition) is 5. The van der Waals surface area contributed by atoms with Gasteiger partial charge < -0.3 is 9.84 Å². The molecule has 6 heteroatoms. The molecule has 198 valence electrons. The molecule has 1 N–H and O–H groups in total. The molecule has 4 aliphatic rings. The average molecular weight is 504 g/mol. The van der Waals surface area contributed by atoms with Gasteiger partial charge in [-0.3, -0.25) is 4.79 Å². The SMILES string of the molecule is Cc1ccccc1OCc1cn(CC(=O)[C@H]2CC[C@H]3[C@@H]4CC=C5C[C@@H](O)CC[C@]5(C)[C@H]4CC[C@]23C)nn1. The van der Waals surface area contributed by atoms with Crippen molar-refractivity contribution in [3.05, 3.63) is 53.4 Å². The number of aromatic nitrogens is 3. The van der Waals surface area contributed by atoms with Crippen LogP contribution in [0.5, 0.6) is 5.75 Å². The number of allylic oxidation sites excluding steroid dienone is 1. The minimum atomic E-state index is -0.162. The highest BCUT2D eigenvalue weighted by Gasteiger charge is 2.59. The number of hydrogen-bond donors (Lipinski definition) is 1. The Kier molecular flexibility index (Phi) is 6.29. The van der Waals surface area contributed by atoms with Crippen LogP contribution < -0.4 is 4.74 Å². The Morgan fingerprint density at radius 2 is 1.97 bits per heavy atom. The summed E-state index contributed by atoms with van der Waals surface area (Å²) in [5.41, 5.74) is 3.65. The molecule has 37 heavy (non-hydrogen) atoms. The predicted molar refractivity (Wildman–Crippen MR) is 142 cm³/mol. The number of carbonyl (C=O) groups is 1. The first-order valence-corrected chi connectivity index (χ1v) is 14.3. The van der Waals surface area contributed by atoms with Crippen molar-refractivity contribution < 1.29 is 14.6 Å². The largest absolute Gasteiger partial charge is 0.487 e. The van der Waals surface area contributed by atoms with Gasteiger partial charge >= 0.3 is 0 Å². The fourth-order valence-electron chi connectivity index (χ4n) is 8.79. The second kappa shape index (κ2) is 9.37. The molecule has 6 nitrogen and oxygen atoms in total. The van der Waals surface area contributed by atoms with Crippen LogP contribution in [0.15, 0.2) is 42.1 Å². The van der Waals surface area contributed by atoms with Gasteiger partial charge in [0, 0.05) is 5.92 Å². The molecule has 4 aliphatic carbocycles. The molecular weight excluding hydrogens is 462 g/mol. The molecule has 3 fully saturated rings. The molecule has 0 spiro atoms. The van der Waals surface area contributed by atoms with Gasteiger partial charge in [0.05, 0.1) is 12.3 Å². The smallest absolute Gasteiger partial charge is 0.157 e.